The summed E-state index contributed by atoms with van der Waals surface area (Å²) in [5.41, 5.74) is 5.70. The number of rotatable bonds is 4. The Hall–Kier alpha value is -0.570. The van der Waals surface area contributed by atoms with E-state index in [9.17, 15) is 4.79 Å². The molecule has 13 heavy (non-hydrogen) atoms. The number of carbonyl (C=O) groups excluding carboxylic acids is 1. The molecule has 0 aromatic rings. The third-order valence-electron chi connectivity index (χ3n) is 2.39. The monoisotopic (exact) mass is 186 g/mol. The highest BCUT2D eigenvalue weighted by atomic mass is 16.2. The molecule has 0 saturated carbocycles. The lowest BCUT2D eigenvalue weighted by atomic mass is 10.0. The molecule has 0 aliphatic heterocycles. The molecule has 0 aliphatic rings. The fourth-order valence-corrected chi connectivity index (χ4v) is 0.790. The zero-order valence-corrected chi connectivity index (χ0v) is 9.29. The van der Waals surface area contributed by atoms with Crippen molar-refractivity contribution in [3.8, 4) is 0 Å². The fraction of sp³-hybridized carbons (Fsp3) is 0.900. The van der Waals surface area contributed by atoms with Gasteiger partial charge < -0.3 is 11.1 Å². The Morgan fingerprint density at radius 3 is 1.85 bits per heavy atom. The van der Waals surface area contributed by atoms with Gasteiger partial charge in [0.25, 0.3) is 0 Å². The van der Waals surface area contributed by atoms with Crippen LogP contribution in [0.1, 0.15) is 34.6 Å². The lowest BCUT2D eigenvalue weighted by Crippen LogP contribution is -2.48. The van der Waals surface area contributed by atoms with E-state index < -0.39 is 0 Å². The third kappa shape index (κ3) is 4.27. The van der Waals surface area contributed by atoms with E-state index >= 15 is 0 Å². The maximum Gasteiger partial charge on any atom is 0.237 e. The molecule has 0 heterocycles. The number of nitrogens with one attached hydrogen (secondary N) is 1. The summed E-state index contributed by atoms with van der Waals surface area (Å²) < 4.78 is 0. The zero-order valence-electron chi connectivity index (χ0n) is 9.29. The molecule has 0 bridgehead atoms. The number of hydrogen-bond acceptors (Lipinski definition) is 2. The summed E-state index contributed by atoms with van der Waals surface area (Å²) in [6, 6.07) is -0.196. The smallest absolute Gasteiger partial charge is 0.237 e. The largest absolute Gasteiger partial charge is 0.352 e. The molecule has 0 rings (SSSR count). The van der Waals surface area contributed by atoms with Gasteiger partial charge in [-0.1, -0.05) is 27.7 Å². The van der Waals surface area contributed by atoms with E-state index in [1.54, 1.807) is 0 Å². The molecule has 0 fully saturated rings. The first-order valence-corrected chi connectivity index (χ1v) is 4.92. The Morgan fingerprint density at radius 2 is 1.54 bits per heavy atom. The van der Waals surface area contributed by atoms with Crippen molar-refractivity contribution in [2.75, 3.05) is 0 Å². The van der Waals surface area contributed by atoms with Gasteiger partial charge in [0.1, 0.15) is 0 Å². The van der Waals surface area contributed by atoms with Crippen LogP contribution in [-0.2, 0) is 4.79 Å². The first kappa shape index (κ1) is 12.4. The van der Waals surface area contributed by atoms with Crippen molar-refractivity contribution in [1.29, 1.82) is 0 Å². The summed E-state index contributed by atoms with van der Waals surface area (Å²) in [7, 11) is 0. The predicted molar refractivity (Wildman–Crippen MR) is 55.3 cm³/mol. The average molecular weight is 186 g/mol. The number of hydrogen-bond donors (Lipinski definition) is 2. The van der Waals surface area contributed by atoms with Crippen molar-refractivity contribution >= 4 is 5.91 Å². The molecule has 0 radical (unpaired) electrons. The molecule has 2 unspecified atom stereocenters. The van der Waals surface area contributed by atoms with E-state index in [2.05, 4.69) is 19.2 Å². The van der Waals surface area contributed by atoms with Crippen LogP contribution >= 0.6 is 0 Å². The minimum atomic E-state index is -0.388. The lowest BCUT2D eigenvalue weighted by molar-refractivity contribution is -0.124. The SMILES string of the molecule is CC(C)C(C)NC(=O)C(N)C(C)C. The molecule has 3 heteroatoms. The van der Waals surface area contributed by atoms with Crippen molar-refractivity contribution in [2.45, 2.75) is 46.7 Å². The van der Waals surface area contributed by atoms with Crippen LogP contribution in [0.25, 0.3) is 0 Å². The van der Waals surface area contributed by atoms with Crippen molar-refractivity contribution in [2.24, 2.45) is 17.6 Å². The van der Waals surface area contributed by atoms with Crippen molar-refractivity contribution in [1.82, 2.24) is 5.32 Å². The first-order valence-electron chi connectivity index (χ1n) is 4.92. The molecule has 0 saturated heterocycles. The molecule has 0 aliphatic carbocycles. The third-order valence-corrected chi connectivity index (χ3v) is 2.39. The van der Waals surface area contributed by atoms with Gasteiger partial charge in [-0.05, 0) is 18.8 Å². The van der Waals surface area contributed by atoms with Gasteiger partial charge in [0.2, 0.25) is 5.91 Å². The topological polar surface area (TPSA) is 55.1 Å². The Kier molecular flexibility index (Phi) is 4.99. The van der Waals surface area contributed by atoms with Crippen LogP contribution in [0.15, 0.2) is 0 Å². The van der Waals surface area contributed by atoms with E-state index in [-0.39, 0.29) is 23.9 Å². The van der Waals surface area contributed by atoms with E-state index in [0.29, 0.717) is 5.92 Å². The molecule has 0 aromatic carbocycles. The molecule has 1 amide bonds. The summed E-state index contributed by atoms with van der Waals surface area (Å²) in [5, 5.41) is 2.90. The maximum atomic E-state index is 11.5. The van der Waals surface area contributed by atoms with Gasteiger partial charge in [-0.2, -0.15) is 0 Å². The van der Waals surface area contributed by atoms with Crippen molar-refractivity contribution in [3.05, 3.63) is 0 Å². The van der Waals surface area contributed by atoms with Gasteiger partial charge in [0, 0.05) is 6.04 Å². The van der Waals surface area contributed by atoms with Crippen LogP contribution in [0.5, 0.6) is 0 Å². The van der Waals surface area contributed by atoms with Crippen molar-refractivity contribution in [3.63, 3.8) is 0 Å². The van der Waals surface area contributed by atoms with Crippen LogP contribution in [0.4, 0.5) is 0 Å². The Balaban J connectivity index is 4.00. The van der Waals surface area contributed by atoms with Gasteiger partial charge in [-0.25, -0.2) is 0 Å². The highest BCUT2D eigenvalue weighted by Crippen LogP contribution is 2.02. The summed E-state index contributed by atoms with van der Waals surface area (Å²) in [6.45, 7) is 10.0. The van der Waals surface area contributed by atoms with Gasteiger partial charge in [0.15, 0.2) is 0 Å². The quantitative estimate of drug-likeness (QED) is 0.691. The fourth-order valence-electron chi connectivity index (χ4n) is 0.790. The van der Waals surface area contributed by atoms with Gasteiger partial charge >= 0.3 is 0 Å². The second-order valence-electron chi connectivity index (χ2n) is 4.31. The van der Waals surface area contributed by atoms with Crippen LogP contribution in [0.2, 0.25) is 0 Å². The minimum Gasteiger partial charge on any atom is -0.352 e. The molecule has 3 N–H and O–H groups in total. The van der Waals surface area contributed by atoms with Gasteiger partial charge in [-0.15, -0.1) is 0 Å². The maximum absolute atomic E-state index is 11.5. The van der Waals surface area contributed by atoms with E-state index in [1.165, 1.54) is 0 Å². The van der Waals surface area contributed by atoms with Gasteiger partial charge in [0.05, 0.1) is 6.04 Å². The van der Waals surface area contributed by atoms with E-state index in [1.807, 2.05) is 20.8 Å². The summed E-state index contributed by atoms with van der Waals surface area (Å²) in [4.78, 5) is 11.5. The Labute approximate surface area is 81.1 Å². The van der Waals surface area contributed by atoms with Crippen molar-refractivity contribution < 1.29 is 4.79 Å². The first-order chi connectivity index (χ1) is 5.86. The highest BCUT2D eigenvalue weighted by molar-refractivity contribution is 5.81. The molecule has 0 aromatic heterocycles. The standard InChI is InChI=1S/C10H22N2O/c1-6(2)8(5)12-10(13)9(11)7(3)4/h6-9H,11H2,1-5H3,(H,12,13). The van der Waals surface area contributed by atoms with E-state index in [4.69, 9.17) is 5.73 Å². The molecule has 78 valence electrons. The summed E-state index contributed by atoms with van der Waals surface area (Å²) >= 11 is 0. The van der Waals surface area contributed by atoms with Crippen LogP contribution in [-0.4, -0.2) is 18.0 Å². The highest BCUT2D eigenvalue weighted by Gasteiger charge is 2.19. The molecule has 2 atom stereocenters. The Morgan fingerprint density at radius 1 is 1.08 bits per heavy atom. The predicted octanol–water partition coefficient (Wildman–Crippen LogP) is 1.13. The summed E-state index contributed by atoms with van der Waals surface area (Å²) in [5.74, 6) is 0.596. The number of carbonyl (C=O) groups is 1. The average Bonchev–Trinajstić information content (AvgIpc) is 2.02. The molecule has 0 spiro atoms. The molecule has 3 nitrogen and oxygen atoms in total. The second kappa shape index (κ2) is 5.22. The Bertz CT molecular complexity index is 166. The second-order valence-corrected chi connectivity index (χ2v) is 4.31. The van der Waals surface area contributed by atoms with E-state index in [0.717, 1.165) is 0 Å². The summed E-state index contributed by atoms with van der Waals surface area (Å²) in [6.07, 6.45) is 0. The number of amides is 1. The van der Waals surface area contributed by atoms with Crippen LogP contribution in [0.3, 0.4) is 0 Å². The van der Waals surface area contributed by atoms with Crippen LogP contribution < -0.4 is 11.1 Å². The van der Waals surface area contributed by atoms with Gasteiger partial charge in [-0.3, -0.25) is 4.79 Å². The zero-order chi connectivity index (χ0) is 10.6. The minimum absolute atomic E-state index is 0.0452. The lowest BCUT2D eigenvalue weighted by Gasteiger charge is -2.21. The molecular weight excluding hydrogens is 164 g/mol. The molecular formula is C10H22N2O. The van der Waals surface area contributed by atoms with Crippen LogP contribution in [0, 0.1) is 11.8 Å². The normalized spacial score (nSPS) is 16.0. The number of nitrogens with two attached hydrogens (primary N) is 1.